The molecule has 1 N–H and O–H groups in total. The molecule has 0 bridgehead atoms. The Bertz CT molecular complexity index is 1060. The molecule has 0 aromatic heterocycles. The van der Waals surface area contributed by atoms with Crippen molar-refractivity contribution < 1.29 is 14.3 Å². The van der Waals surface area contributed by atoms with Gasteiger partial charge in [0, 0.05) is 37.2 Å². The number of hydrogen-bond acceptors (Lipinski definition) is 5. The molecule has 0 aliphatic rings. The van der Waals surface area contributed by atoms with Crippen LogP contribution in [-0.2, 0) is 16.1 Å². The number of carbonyl (C=O) groups is 2. The summed E-state index contributed by atoms with van der Waals surface area (Å²) in [6.45, 7) is 3.26. The largest absolute Gasteiger partial charge is 0.457 e. The highest BCUT2D eigenvalue weighted by molar-refractivity contribution is 7.99. The topological polar surface area (TPSA) is 61.9 Å². The highest BCUT2D eigenvalue weighted by Gasteiger charge is 2.25. The fourth-order valence-corrected chi connectivity index (χ4v) is 4.35. The summed E-state index contributed by atoms with van der Waals surface area (Å²) in [6.07, 6.45) is 0. The van der Waals surface area contributed by atoms with Gasteiger partial charge in [0.25, 0.3) is 0 Å². The first-order valence-electron chi connectivity index (χ1n) is 11.6. The molecule has 1 atom stereocenters. The number of benzene rings is 3. The number of ether oxygens (including phenoxy) is 1. The Kier molecular flexibility index (Phi) is 10.2. The van der Waals surface area contributed by atoms with Crippen LogP contribution < -0.4 is 10.1 Å². The lowest BCUT2D eigenvalue weighted by Crippen LogP contribution is -2.50. The van der Waals surface area contributed by atoms with E-state index in [1.807, 2.05) is 109 Å². The van der Waals surface area contributed by atoms with Gasteiger partial charge in [-0.2, -0.15) is 0 Å². The first kappa shape index (κ1) is 26.3. The molecule has 0 aliphatic heterocycles. The Morgan fingerprint density at radius 1 is 0.857 bits per heavy atom. The van der Waals surface area contributed by atoms with Crippen molar-refractivity contribution in [3.63, 3.8) is 0 Å². The third-order valence-electron chi connectivity index (χ3n) is 5.24. The van der Waals surface area contributed by atoms with Gasteiger partial charge in [-0.05, 0) is 56.1 Å². The molecular weight excluding hydrogens is 458 g/mol. The molecule has 0 saturated heterocycles. The molecule has 0 spiro atoms. The van der Waals surface area contributed by atoms with Crippen LogP contribution in [0.15, 0.2) is 89.8 Å². The van der Waals surface area contributed by atoms with E-state index in [-0.39, 0.29) is 11.8 Å². The minimum atomic E-state index is -0.622. The molecule has 1 unspecified atom stereocenters. The monoisotopic (exact) mass is 491 g/mol. The molecule has 3 aromatic rings. The van der Waals surface area contributed by atoms with Gasteiger partial charge in [-0.15, -0.1) is 11.8 Å². The Balaban J connectivity index is 1.66. The van der Waals surface area contributed by atoms with Crippen molar-refractivity contribution in [3.05, 3.63) is 90.5 Å². The number of nitrogens with zero attached hydrogens (tertiary/aromatic N) is 2. The second-order valence-corrected chi connectivity index (χ2v) is 9.59. The van der Waals surface area contributed by atoms with E-state index in [1.54, 1.807) is 0 Å². The van der Waals surface area contributed by atoms with Gasteiger partial charge in [0.1, 0.15) is 17.5 Å². The van der Waals surface area contributed by atoms with Gasteiger partial charge in [0.15, 0.2) is 0 Å². The molecule has 0 radical (unpaired) electrons. The number of rotatable bonds is 12. The van der Waals surface area contributed by atoms with Gasteiger partial charge < -0.3 is 19.9 Å². The van der Waals surface area contributed by atoms with Crippen molar-refractivity contribution in [2.45, 2.75) is 24.4 Å². The smallest absolute Gasteiger partial charge is 0.246 e. The van der Waals surface area contributed by atoms with E-state index in [2.05, 4.69) is 5.32 Å². The standard InChI is InChI=1S/C28H33N3O3S/c1-22(32)29-27(28(33)31(19-18-30(2)3)20-23-10-6-4-7-11-23)21-35-26-16-14-25(15-17-26)34-24-12-8-5-9-13-24/h4-17,27H,18-21H2,1-3H3,(H,29,32). The normalized spacial score (nSPS) is 11.7. The minimum Gasteiger partial charge on any atom is -0.457 e. The second-order valence-electron chi connectivity index (χ2n) is 8.50. The third-order valence-corrected chi connectivity index (χ3v) is 6.35. The van der Waals surface area contributed by atoms with Crippen LogP contribution in [0.2, 0.25) is 0 Å². The maximum absolute atomic E-state index is 13.5. The molecule has 3 aromatic carbocycles. The Morgan fingerprint density at radius 3 is 2.06 bits per heavy atom. The average Bonchev–Trinajstić information content (AvgIpc) is 2.86. The molecule has 6 nitrogen and oxygen atoms in total. The van der Waals surface area contributed by atoms with Gasteiger partial charge in [-0.1, -0.05) is 48.5 Å². The highest BCUT2D eigenvalue weighted by atomic mass is 32.2. The van der Waals surface area contributed by atoms with Gasteiger partial charge in [0.05, 0.1) is 0 Å². The predicted molar refractivity (Wildman–Crippen MR) is 142 cm³/mol. The number of amides is 2. The van der Waals surface area contributed by atoms with Crippen molar-refractivity contribution in [2.24, 2.45) is 0 Å². The summed E-state index contributed by atoms with van der Waals surface area (Å²) in [6, 6.07) is 26.7. The molecule has 0 saturated carbocycles. The van der Waals surface area contributed by atoms with Crippen LogP contribution in [0.3, 0.4) is 0 Å². The quantitative estimate of drug-likeness (QED) is 0.373. The van der Waals surface area contributed by atoms with E-state index < -0.39 is 6.04 Å². The number of thioether (sulfide) groups is 1. The Morgan fingerprint density at radius 2 is 1.46 bits per heavy atom. The van der Waals surface area contributed by atoms with Gasteiger partial charge in [-0.25, -0.2) is 0 Å². The van der Waals surface area contributed by atoms with E-state index in [1.165, 1.54) is 18.7 Å². The molecule has 7 heteroatoms. The van der Waals surface area contributed by atoms with Crippen LogP contribution in [0.4, 0.5) is 0 Å². The Hall–Kier alpha value is -3.29. The van der Waals surface area contributed by atoms with E-state index in [0.29, 0.717) is 18.8 Å². The van der Waals surface area contributed by atoms with Gasteiger partial charge in [-0.3, -0.25) is 9.59 Å². The molecule has 0 aliphatic carbocycles. The average molecular weight is 492 g/mol. The number of para-hydroxylation sites is 1. The van der Waals surface area contributed by atoms with Crippen LogP contribution in [0, 0.1) is 0 Å². The third kappa shape index (κ3) is 9.11. The van der Waals surface area contributed by atoms with Crippen molar-refractivity contribution in [2.75, 3.05) is 32.9 Å². The SMILES string of the molecule is CC(=O)NC(CSc1ccc(Oc2ccccc2)cc1)C(=O)N(CCN(C)C)Cc1ccccc1. The van der Waals surface area contributed by atoms with Gasteiger partial charge >= 0.3 is 0 Å². The first-order chi connectivity index (χ1) is 16.9. The lowest BCUT2D eigenvalue weighted by atomic mass is 10.2. The van der Waals surface area contributed by atoms with Crippen molar-refractivity contribution in [3.8, 4) is 11.5 Å². The zero-order chi connectivity index (χ0) is 25.0. The molecule has 35 heavy (non-hydrogen) atoms. The first-order valence-corrected chi connectivity index (χ1v) is 12.6. The summed E-state index contributed by atoms with van der Waals surface area (Å²) in [7, 11) is 3.97. The number of carbonyl (C=O) groups excluding carboxylic acids is 2. The summed E-state index contributed by atoms with van der Waals surface area (Å²) in [5.74, 6) is 1.66. The molecule has 0 heterocycles. The number of hydrogen-bond donors (Lipinski definition) is 1. The van der Waals surface area contributed by atoms with Crippen LogP contribution in [0.25, 0.3) is 0 Å². The molecule has 2 amide bonds. The van der Waals surface area contributed by atoms with Crippen LogP contribution in [-0.4, -0.2) is 60.6 Å². The summed E-state index contributed by atoms with van der Waals surface area (Å²) in [5, 5.41) is 2.86. The molecule has 0 fully saturated rings. The van der Waals surface area contributed by atoms with Crippen LogP contribution in [0.1, 0.15) is 12.5 Å². The molecule has 184 valence electrons. The van der Waals surface area contributed by atoms with E-state index in [9.17, 15) is 9.59 Å². The maximum atomic E-state index is 13.5. The van der Waals surface area contributed by atoms with Crippen molar-refractivity contribution in [1.82, 2.24) is 15.1 Å². The van der Waals surface area contributed by atoms with Gasteiger partial charge in [0.2, 0.25) is 11.8 Å². The zero-order valence-corrected chi connectivity index (χ0v) is 21.3. The minimum absolute atomic E-state index is 0.0811. The molecular formula is C28H33N3O3S. The van der Waals surface area contributed by atoms with Crippen molar-refractivity contribution in [1.29, 1.82) is 0 Å². The van der Waals surface area contributed by atoms with Crippen molar-refractivity contribution >= 4 is 23.6 Å². The fourth-order valence-electron chi connectivity index (χ4n) is 3.44. The lowest BCUT2D eigenvalue weighted by molar-refractivity contribution is -0.136. The zero-order valence-electron chi connectivity index (χ0n) is 20.5. The Labute approximate surface area is 212 Å². The van der Waals surface area contributed by atoms with Crippen LogP contribution in [0.5, 0.6) is 11.5 Å². The van der Waals surface area contributed by atoms with Crippen LogP contribution >= 0.6 is 11.8 Å². The summed E-state index contributed by atoms with van der Waals surface area (Å²) in [5.41, 5.74) is 1.06. The predicted octanol–water partition coefficient (Wildman–Crippen LogP) is 4.67. The molecule has 3 rings (SSSR count). The maximum Gasteiger partial charge on any atom is 0.246 e. The summed E-state index contributed by atoms with van der Waals surface area (Å²) in [4.78, 5) is 30.3. The number of likely N-dealkylation sites (N-methyl/N-ethyl adjacent to an activating group) is 1. The lowest BCUT2D eigenvalue weighted by Gasteiger charge is -2.29. The highest BCUT2D eigenvalue weighted by Crippen LogP contribution is 2.26. The van der Waals surface area contributed by atoms with E-state index >= 15 is 0 Å². The second kappa shape index (κ2) is 13.6. The summed E-state index contributed by atoms with van der Waals surface area (Å²) >= 11 is 1.53. The number of nitrogens with one attached hydrogen (secondary N) is 1. The fraction of sp³-hybridized carbons (Fsp3) is 0.286. The van der Waals surface area contributed by atoms with E-state index in [4.69, 9.17) is 4.74 Å². The van der Waals surface area contributed by atoms with E-state index in [0.717, 1.165) is 28.5 Å². The summed E-state index contributed by atoms with van der Waals surface area (Å²) < 4.78 is 5.85.